The number of fused-ring (bicyclic) bond motifs is 1. The van der Waals surface area contributed by atoms with Gasteiger partial charge >= 0.3 is 0 Å². The van der Waals surface area contributed by atoms with Gasteiger partial charge in [0.25, 0.3) is 11.8 Å². The number of carbonyl (C=O) groups is 2. The molecule has 0 saturated heterocycles. The van der Waals surface area contributed by atoms with Crippen molar-refractivity contribution in [3.63, 3.8) is 0 Å². The number of imide groups is 1. The van der Waals surface area contributed by atoms with E-state index in [9.17, 15) is 20.0 Å². The molecule has 1 atom stereocenters. The summed E-state index contributed by atoms with van der Waals surface area (Å²) < 4.78 is 10.8. The quantitative estimate of drug-likeness (QED) is 0.257. The van der Waals surface area contributed by atoms with Crippen LogP contribution in [0.15, 0.2) is 59.0 Å². The molecule has 1 N–H and O–H groups in total. The molecule has 184 valence electrons. The van der Waals surface area contributed by atoms with E-state index in [1.165, 1.54) is 12.2 Å². The van der Waals surface area contributed by atoms with Gasteiger partial charge in [0.1, 0.15) is 17.4 Å². The number of hydrogen-bond donors (Lipinski definition) is 1. The number of carbonyl (C=O) groups excluding carboxylic acids is 2. The zero-order chi connectivity index (χ0) is 25.7. The lowest BCUT2D eigenvalue weighted by molar-refractivity contribution is -0.140. The summed E-state index contributed by atoms with van der Waals surface area (Å²) >= 11 is 0. The van der Waals surface area contributed by atoms with Gasteiger partial charge in [-0.05, 0) is 62.1 Å². The van der Waals surface area contributed by atoms with Gasteiger partial charge in [-0.1, -0.05) is 13.3 Å². The molecule has 0 saturated carbocycles. The summed E-state index contributed by atoms with van der Waals surface area (Å²) in [6.45, 7) is 5.82. The number of methoxy groups -OCH3 is 2. The summed E-state index contributed by atoms with van der Waals surface area (Å²) in [4.78, 5) is 28.6. The number of unbranched alkanes of at least 4 members (excludes halogenated alkanes) is 1. The highest BCUT2D eigenvalue weighted by Crippen LogP contribution is 2.40. The smallest absolute Gasteiger partial charge is 0.271 e. The normalized spacial score (nSPS) is 19.6. The molecule has 8 heteroatoms. The van der Waals surface area contributed by atoms with E-state index in [1.54, 1.807) is 27.2 Å². The number of ether oxygens (including phenoxy) is 2. The zero-order valence-electron chi connectivity index (χ0n) is 20.8. The van der Waals surface area contributed by atoms with Crippen LogP contribution in [-0.4, -0.2) is 48.6 Å². The molecule has 0 aromatic heterocycles. The lowest BCUT2D eigenvalue weighted by atomic mass is 9.94. The number of nitrogens with zero attached hydrogens (tertiary/aromatic N) is 3. The Hall–Kier alpha value is -3.99. The van der Waals surface area contributed by atoms with Crippen molar-refractivity contribution in [2.45, 2.75) is 46.1 Å². The first kappa shape index (κ1) is 25.6. The van der Waals surface area contributed by atoms with Gasteiger partial charge in [0, 0.05) is 36.1 Å². The number of anilines is 1. The molecule has 2 heterocycles. The lowest BCUT2D eigenvalue weighted by Gasteiger charge is -2.27. The van der Waals surface area contributed by atoms with Crippen molar-refractivity contribution >= 4 is 17.5 Å². The highest BCUT2D eigenvalue weighted by molar-refractivity contribution is 6.18. The van der Waals surface area contributed by atoms with E-state index in [-0.39, 0.29) is 35.1 Å². The third-order valence-corrected chi connectivity index (χ3v) is 6.22. The number of rotatable bonds is 8. The predicted octanol–water partition coefficient (Wildman–Crippen LogP) is 4.35. The number of aliphatic hydroxyl groups is 1. The van der Waals surface area contributed by atoms with Gasteiger partial charge in [-0.15, -0.1) is 0 Å². The van der Waals surface area contributed by atoms with E-state index in [2.05, 4.69) is 11.8 Å². The van der Waals surface area contributed by atoms with Crippen LogP contribution in [0.4, 0.5) is 5.69 Å². The second kappa shape index (κ2) is 11.0. The molecule has 2 aliphatic heterocycles. The summed E-state index contributed by atoms with van der Waals surface area (Å²) in [5.74, 6) is 0.0581. The van der Waals surface area contributed by atoms with Gasteiger partial charge in [0.05, 0.1) is 14.2 Å². The molecule has 1 aromatic rings. The van der Waals surface area contributed by atoms with Crippen molar-refractivity contribution < 1.29 is 24.2 Å². The Morgan fingerprint density at radius 1 is 1.23 bits per heavy atom. The van der Waals surface area contributed by atoms with Crippen molar-refractivity contribution in [2.24, 2.45) is 0 Å². The summed E-state index contributed by atoms with van der Waals surface area (Å²) in [5, 5.41) is 20.0. The number of amides is 2. The molecule has 0 radical (unpaired) electrons. The molecule has 1 unspecified atom stereocenters. The van der Waals surface area contributed by atoms with Crippen LogP contribution in [0, 0.1) is 11.3 Å². The Balaban J connectivity index is 1.88. The largest absolute Gasteiger partial charge is 0.508 e. The fourth-order valence-corrected chi connectivity index (χ4v) is 4.27. The van der Waals surface area contributed by atoms with Crippen molar-refractivity contribution in [3.8, 4) is 17.6 Å². The van der Waals surface area contributed by atoms with Crippen molar-refractivity contribution in [3.05, 3.63) is 64.6 Å². The standard InChI is InChI=1S/C27H31N3O5/c1-6-7-10-30-26(32)21(18(3)22(16-28)27(30)33)14-20(31)9-8-11-29-17(2)12-19-13-24(34-4)25(35-5)15-23(19)29/h8-9,11,13-15,17,31H,6-7,10,12H2,1-5H3/b11-8+,20-9-,21-14-. The van der Waals surface area contributed by atoms with E-state index >= 15 is 0 Å². The number of hydrogen-bond acceptors (Lipinski definition) is 7. The van der Waals surface area contributed by atoms with Crippen molar-refractivity contribution in [2.75, 3.05) is 25.7 Å². The number of allylic oxidation sites excluding steroid dienone is 3. The van der Waals surface area contributed by atoms with E-state index in [1.807, 2.05) is 31.3 Å². The molecule has 2 amide bonds. The second-order valence-electron chi connectivity index (χ2n) is 8.51. The first-order chi connectivity index (χ1) is 16.8. The maximum Gasteiger partial charge on any atom is 0.271 e. The Morgan fingerprint density at radius 2 is 1.91 bits per heavy atom. The van der Waals surface area contributed by atoms with Crippen LogP contribution >= 0.6 is 0 Å². The molecular weight excluding hydrogens is 446 g/mol. The maximum atomic E-state index is 12.9. The van der Waals surface area contributed by atoms with Gasteiger partial charge < -0.3 is 19.5 Å². The minimum atomic E-state index is -0.585. The molecule has 0 spiro atoms. The lowest BCUT2D eigenvalue weighted by Crippen LogP contribution is -2.43. The van der Waals surface area contributed by atoms with Crippen LogP contribution in [0.5, 0.6) is 11.5 Å². The summed E-state index contributed by atoms with van der Waals surface area (Å²) in [5.41, 5.74) is 2.44. The van der Waals surface area contributed by atoms with Crippen LogP contribution in [0.2, 0.25) is 0 Å². The zero-order valence-corrected chi connectivity index (χ0v) is 20.8. The molecule has 8 nitrogen and oxygen atoms in total. The molecule has 0 fully saturated rings. The third-order valence-electron chi connectivity index (χ3n) is 6.22. The number of benzene rings is 1. The Kier molecular flexibility index (Phi) is 8.02. The van der Waals surface area contributed by atoms with Gasteiger partial charge in [-0.2, -0.15) is 5.26 Å². The van der Waals surface area contributed by atoms with Crippen LogP contribution < -0.4 is 14.4 Å². The maximum absolute atomic E-state index is 12.9. The van der Waals surface area contributed by atoms with Gasteiger partial charge in [0.15, 0.2) is 11.5 Å². The minimum Gasteiger partial charge on any atom is -0.508 e. The SMILES string of the molecule is CCCCN1C(=O)C(C#N)=C(C)/C(=C/C(O)=C/C=C/N2c3cc(OC)c(OC)cc3CC2C)C1=O. The average molecular weight is 478 g/mol. The van der Waals surface area contributed by atoms with Crippen LogP contribution in [0.1, 0.15) is 39.2 Å². The molecule has 1 aromatic carbocycles. The highest BCUT2D eigenvalue weighted by atomic mass is 16.5. The van der Waals surface area contributed by atoms with Gasteiger partial charge in [-0.3, -0.25) is 14.5 Å². The van der Waals surface area contributed by atoms with Gasteiger partial charge in [-0.25, -0.2) is 0 Å². The highest BCUT2D eigenvalue weighted by Gasteiger charge is 2.35. The van der Waals surface area contributed by atoms with E-state index in [4.69, 9.17) is 9.47 Å². The average Bonchev–Trinajstić information content (AvgIpc) is 3.15. The number of nitriles is 1. The Labute approximate surface area is 206 Å². The van der Waals surface area contributed by atoms with Crippen molar-refractivity contribution in [1.29, 1.82) is 5.26 Å². The second-order valence-corrected chi connectivity index (χ2v) is 8.51. The number of aliphatic hydroxyl groups excluding tert-OH is 1. The van der Waals surface area contributed by atoms with E-state index in [0.29, 0.717) is 17.9 Å². The molecule has 3 rings (SSSR count). The first-order valence-electron chi connectivity index (χ1n) is 11.6. The summed E-state index contributed by atoms with van der Waals surface area (Å²) in [6, 6.07) is 5.98. The van der Waals surface area contributed by atoms with Crippen LogP contribution in [0.25, 0.3) is 0 Å². The molecular formula is C27H31N3O5. The molecule has 35 heavy (non-hydrogen) atoms. The third kappa shape index (κ3) is 5.09. The fraction of sp³-hybridized carbons (Fsp3) is 0.370. The van der Waals surface area contributed by atoms with Crippen LogP contribution in [0.3, 0.4) is 0 Å². The fourth-order valence-electron chi connectivity index (χ4n) is 4.27. The first-order valence-corrected chi connectivity index (χ1v) is 11.6. The topological polar surface area (TPSA) is 103 Å². The monoisotopic (exact) mass is 477 g/mol. The molecule has 0 aliphatic carbocycles. The summed E-state index contributed by atoms with van der Waals surface area (Å²) in [6.07, 6.45) is 8.58. The Morgan fingerprint density at radius 3 is 2.54 bits per heavy atom. The predicted molar refractivity (Wildman–Crippen MR) is 133 cm³/mol. The van der Waals surface area contributed by atoms with E-state index in [0.717, 1.165) is 29.0 Å². The van der Waals surface area contributed by atoms with E-state index < -0.39 is 11.8 Å². The molecule has 2 aliphatic rings. The van der Waals surface area contributed by atoms with Crippen molar-refractivity contribution in [1.82, 2.24) is 4.90 Å². The minimum absolute atomic E-state index is 0.0813. The molecule has 0 bridgehead atoms. The van der Waals surface area contributed by atoms with Gasteiger partial charge in [0.2, 0.25) is 0 Å². The van der Waals surface area contributed by atoms with Crippen LogP contribution in [-0.2, 0) is 16.0 Å². The Bertz CT molecular complexity index is 1190. The summed E-state index contributed by atoms with van der Waals surface area (Å²) in [7, 11) is 3.20.